The lowest BCUT2D eigenvalue weighted by Gasteiger charge is -2.13. The molecule has 0 atom stereocenters. The number of anilines is 1. The van der Waals surface area contributed by atoms with E-state index in [-0.39, 0.29) is 18.0 Å². The third-order valence-corrected chi connectivity index (χ3v) is 7.01. The molecule has 35 heavy (non-hydrogen) atoms. The van der Waals surface area contributed by atoms with Crippen LogP contribution in [0.3, 0.4) is 0 Å². The average Bonchev–Trinajstić information content (AvgIpc) is 3.45. The van der Waals surface area contributed by atoms with E-state index in [0.717, 1.165) is 22.9 Å². The van der Waals surface area contributed by atoms with Crippen LogP contribution in [-0.4, -0.2) is 24.5 Å². The largest absolute Gasteiger partial charge is 0.467 e. The van der Waals surface area contributed by atoms with Crippen molar-refractivity contribution in [1.82, 2.24) is 14.3 Å². The van der Waals surface area contributed by atoms with E-state index in [1.165, 1.54) is 14.9 Å². The number of carbonyl (C=O) groups excluding carboxylic acids is 1. The SMILES string of the molecule is Cc1ccc(CNc2nc3ccc(C)cn3c(=O)c2/C=C2\SC(=S)N(Cc3ccco3)C2=O)cc1. The van der Waals surface area contributed by atoms with Crippen molar-refractivity contribution in [2.75, 3.05) is 5.32 Å². The molecule has 176 valence electrons. The molecule has 1 amide bonds. The van der Waals surface area contributed by atoms with E-state index in [1.54, 1.807) is 36.7 Å². The number of pyridine rings is 1. The highest BCUT2D eigenvalue weighted by Gasteiger charge is 2.33. The number of fused-ring (bicyclic) bond motifs is 1. The zero-order chi connectivity index (χ0) is 24.5. The molecule has 0 spiro atoms. The van der Waals surface area contributed by atoms with Gasteiger partial charge in [-0.3, -0.25) is 18.9 Å². The number of hydrogen-bond acceptors (Lipinski definition) is 7. The topological polar surface area (TPSA) is 79.9 Å². The number of aromatic nitrogens is 2. The molecule has 7 nitrogen and oxygen atoms in total. The van der Waals surface area contributed by atoms with Crippen LogP contribution in [0.2, 0.25) is 0 Å². The molecule has 4 aromatic rings. The van der Waals surface area contributed by atoms with Gasteiger partial charge in [0.25, 0.3) is 11.5 Å². The van der Waals surface area contributed by atoms with Crippen LogP contribution in [0.25, 0.3) is 11.7 Å². The first-order valence-corrected chi connectivity index (χ1v) is 12.2. The summed E-state index contributed by atoms with van der Waals surface area (Å²) in [4.78, 5) is 33.2. The van der Waals surface area contributed by atoms with Gasteiger partial charge in [0.2, 0.25) is 0 Å². The normalized spacial score (nSPS) is 14.9. The summed E-state index contributed by atoms with van der Waals surface area (Å²) in [5, 5.41) is 3.29. The van der Waals surface area contributed by atoms with E-state index in [1.807, 2.05) is 44.2 Å². The number of carbonyl (C=O) groups is 1. The van der Waals surface area contributed by atoms with Crippen molar-refractivity contribution in [3.05, 3.63) is 104 Å². The fraction of sp³-hybridized carbons (Fsp3) is 0.154. The van der Waals surface area contributed by atoms with Gasteiger partial charge in [-0.1, -0.05) is 59.9 Å². The van der Waals surface area contributed by atoms with Crippen LogP contribution < -0.4 is 10.9 Å². The second kappa shape index (κ2) is 9.52. The first-order valence-electron chi connectivity index (χ1n) is 11.0. The Morgan fingerprint density at radius 2 is 1.86 bits per heavy atom. The zero-order valence-electron chi connectivity index (χ0n) is 19.1. The predicted octanol–water partition coefficient (Wildman–Crippen LogP) is 4.92. The van der Waals surface area contributed by atoms with Crippen molar-refractivity contribution >= 4 is 51.7 Å². The minimum atomic E-state index is -0.269. The van der Waals surface area contributed by atoms with Gasteiger partial charge in [-0.15, -0.1) is 0 Å². The summed E-state index contributed by atoms with van der Waals surface area (Å²) in [6.07, 6.45) is 4.88. The quantitative estimate of drug-likeness (QED) is 0.296. The minimum Gasteiger partial charge on any atom is -0.467 e. The molecular formula is C26H22N4O3S2. The van der Waals surface area contributed by atoms with E-state index in [2.05, 4.69) is 5.32 Å². The van der Waals surface area contributed by atoms with Gasteiger partial charge in [0.1, 0.15) is 21.5 Å². The predicted molar refractivity (Wildman–Crippen MR) is 142 cm³/mol. The molecule has 0 bridgehead atoms. The first-order chi connectivity index (χ1) is 16.9. The van der Waals surface area contributed by atoms with Gasteiger partial charge in [0, 0.05) is 12.7 Å². The summed E-state index contributed by atoms with van der Waals surface area (Å²) in [5.74, 6) is 0.774. The molecule has 1 N–H and O–H groups in total. The molecule has 1 aliphatic heterocycles. The molecule has 1 saturated heterocycles. The maximum absolute atomic E-state index is 13.5. The van der Waals surface area contributed by atoms with Gasteiger partial charge >= 0.3 is 0 Å². The Morgan fingerprint density at radius 1 is 1.09 bits per heavy atom. The van der Waals surface area contributed by atoms with Gasteiger partial charge in [-0.05, 0) is 49.2 Å². The summed E-state index contributed by atoms with van der Waals surface area (Å²) < 4.78 is 7.28. The smallest absolute Gasteiger partial charge is 0.267 e. The Morgan fingerprint density at radius 3 is 2.60 bits per heavy atom. The van der Waals surface area contributed by atoms with Crippen LogP contribution in [0.15, 0.2) is 75.1 Å². The second-order valence-corrected chi connectivity index (χ2v) is 9.98. The van der Waals surface area contributed by atoms with Gasteiger partial charge in [0.15, 0.2) is 0 Å². The fourth-order valence-electron chi connectivity index (χ4n) is 3.74. The zero-order valence-corrected chi connectivity index (χ0v) is 20.8. The molecule has 1 aliphatic rings. The van der Waals surface area contributed by atoms with E-state index in [0.29, 0.717) is 38.6 Å². The van der Waals surface area contributed by atoms with Crippen LogP contribution in [-0.2, 0) is 17.9 Å². The number of amides is 1. The number of rotatable bonds is 6. The summed E-state index contributed by atoms with van der Waals surface area (Å²) in [6.45, 7) is 4.66. The van der Waals surface area contributed by atoms with Gasteiger partial charge in [0.05, 0.1) is 23.3 Å². The molecule has 5 rings (SSSR count). The maximum Gasteiger partial charge on any atom is 0.267 e. The highest BCUT2D eigenvalue weighted by atomic mass is 32.2. The van der Waals surface area contributed by atoms with Crippen LogP contribution in [0.1, 0.15) is 28.0 Å². The van der Waals surface area contributed by atoms with Crippen LogP contribution in [0.4, 0.5) is 5.82 Å². The Kier molecular flexibility index (Phi) is 6.27. The van der Waals surface area contributed by atoms with E-state index >= 15 is 0 Å². The van der Waals surface area contributed by atoms with Crippen molar-refractivity contribution in [1.29, 1.82) is 0 Å². The highest BCUT2D eigenvalue weighted by molar-refractivity contribution is 8.26. The number of nitrogens with zero attached hydrogens (tertiary/aromatic N) is 3. The molecule has 0 saturated carbocycles. The van der Waals surface area contributed by atoms with Crippen LogP contribution in [0.5, 0.6) is 0 Å². The lowest BCUT2D eigenvalue weighted by Crippen LogP contribution is -2.27. The Labute approximate surface area is 211 Å². The van der Waals surface area contributed by atoms with Crippen molar-refractivity contribution in [3.8, 4) is 0 Å². The monoisotopic (exact) mass is 502 g/mol. The number of nitrogens with one attached hydrogen (secondary N) is 1. The second-order valence-electron chi connectivity index (χ2n) is 8.30. The van der Waals surface area contributed by atoms with Gasteiger partial charge in [-0.2, -0.15) is 0 Å². The minimum absolute atomic E-state index is 0.238. The average molecular weight is 503 g/mol. The number of benzene rings is 1. The molecule has 0 unspecified atom stereocenters. The number of hydrogen-bond donors (Lipinski definition) is 1. The molecule has 1 fully saturated rings. The van der Waals surface area contributed by atoms with Gasteiger partial charge in [-0.25, -0.2) is 4.98 Å². The molecular weight excluding hydrogens is 480 g/mol. The Bertz CT molecular complexity index is 1520. The summed E-state index contributed by atoms with van der Waals surface area (Å²) >= 11 is 6.60. The summed E-state index contributed by atoms with van der Waals surface area (Å²) in [7, 11) is 0. The van der Waals surface area contributed by atoms with E-state index in [4.69, 9.17) is 21.6 Å². The molecule has 1 aromatic carbocycles. The van der Waals surface area contributed by atoms with Gasteiger partial charge < -0.3 is 9.73 Å². The lowest BCUT2D eigenvalue weighted by atomic mass is 10.1. The molecule has 0 aliphatic carbocycles. The maximum atomic E-state index is 13.5. The number of furan rings is 1. The molecule has 3 aromatic heterocycles. The van der Waals surface area contributed by atoms with E-state index in [9.17, 15) is 9.59 Å². The third-order valence-electron chi connectivity index (χ3n) is 5.63. The Balaban J connectivity index is 1.53. The van der Waals surface area contributed by atoms with E-state index < -0.39 is 0 Å². The highest BCUT2D eigenvalue weighted by Crippen LogP contribution is 2.34. The van der Waals surface area contributed by atoms with Crippen molar-refractivity contribution in [3.63, 3.8) is 0 Å². The lowest BCUT2D eigenvalue weighted by molar-refractivity contribution is -0.122. The third kappa shape index (κ3) is 4.78. The molecule has 9 heteroatoms. The van der Waals surface area contributed by atoms with Crippen LogP contribution in [0, 0.1) is 13.8 Å². The number of thiocarbonyl (C=S) groups is 1. The van der Waals surface area contributed by atoms with Crippen molar-refractivity contribution in [2.24, 2.45) is 0 Å². The van der Waals surface area contributed by atoms with Crippen LogP contribution >= 0.6 is 24.0 Å². The number of aryl methyl sites for hydroxylation is 2. The Hall–Kier alpha value is -3.69. The van der Waals surface area contributed by atoms with Crippen molar-refractivity contribution in [2.45, 2.75) is 26.9 Å². The molecule has 4 heterocycles. The number of thioether (sulfide) groups is 1. The first kappa shape index (κ1) is 23.1. The van der Waals surface area contributed by atoms with Crippen molar-refractivity contribution < 1.29 is 9.21 Å². The summed E-state index contributed by atoms with van der Waals surface area (Å²) in [6, 6.07) is 15.4. The summed E-state index contributed by atoms with van der Waals surface area (Å²) in [5.41, 5.74) is 3.72. The molecule has 0 radical (unpaired) electrons. The standard InChI is InChI=1S/C26H22N4O3S2/c1-16-5-8-18(9-6-16)13-27-23-20(24(31)29-14-17(2)7-10-22(29)28-23)12-21-25(32)30(26(34)35-21)15-19-4-3-11-33-19/h3-12,14,27H,13,15H2,1-2H3/b21-12-. The fourth-order valence-corrected chi connectivity index (χ4v) is 4.98.